The van der Waals surface area contributed by atoms with Crippen LogP contribution in [0.2, 0.25) is 0 Å². The van der Waals surface area contributed by atoms with E-state index in [-0.39, 0.29) is 30.3 Å². The topological polar surface area (TPSA) is 84.7 Å². The van der Waals surface area contributed by atoms with E-state index in [0.717, 1.165) is 0 Å². The van der Waals surface area contributed by atoms with Crippen LogP contribution in [0.4, 0.5) is 0 Å². The Hall–Kier alpha value is -1.14. The smallest absolute Gasteiger partial charge is 0.239 e. The van der Waals surface area contributed by atoms with Crippen LogP contribution in [0.15, 0.2) is 0 Å². The first-order valence-corrected chi connectivity index (χ1v) is 5.98. The van der Waals surface area contributed by atoms with E-state index in [1.807, 2.05) is 13.8 Å². The molecule has 3 N–H and O–H groups in total. The highest BCUT2D eigenvalue weighted by atomic mass is 16.5. The lowest BCUT2D eigenvalue weighted by Gasteiger charge is -2.24. The molecule has 0 saturated carbocycles. The average Bonchev–Trinajstić information content (AvgIpc) is 2.72. The second kappa shape index (κ2) is 6.56. The van der Waals surface area contributed by atoms with Crippen LogP contribution in [0.25, 0.3) is 0 Å². The summed E-state index contributed by atoms with van der Waals surface area (Å²) in [6.07, 6.45) is 0. The first-order valence-electron chi connectivity index (χ1n) is 5.98. The van der Waals surface area contributed by atoms with Crippen LogP contribution in [0.1, 0.15) is 13.8 Å². The van der Waals surface area contributed by atoms with Gasteiger partial charge in [0.15, 0.2) is 0 Å². The van der Waals surface area contributed by atoms with Crippen LogP contribution in [0.3, 0.4) is 0 Å². The van der Waals surface area contributed by atoms with Crippen molar-refractivity contribution < 1.29 is 14.3 Å². The van der Waals surface area contributed by atoms with Crippen LogP contribution >= 0.6 is 0 Å². The van der Waals surface area contributed by atoms with Crippen molar-refractivity contribution in [2.75, 3.05) is 32.8 Å². The van der Waals surface area contributed by atoms with E-state index in [1.165, 1.54) is 4.90 Å². The van der Waals surface area contributed by atoms with Gasteiger partial charge in [0.2, 0.25) is 11.8 Å². The van der Waals surface area contributed by atoms with Crippen LogP contribution < -0.4 is 11.1 Å². The zero-order valence-electron chi connectivity index (χ0n) is 10.4. The highest BCUT2D eigenvalue weighted by molar-refractivity contribution is 5.86. The molecule has 2 unspecified atom stereocenters. The molecule has 1 aliphatic heterocycles. The summed E-state index contributed by atoms with van der Waals surface area (Å²) in [6, 6.07) is -0.259. The quantitative estimate of drug-likeness (QED) is 0.645. The number of nitrogens with one attached hydrogen (secondary N) is 1. The lowest BCUT2D eigenvalue weighted by atomic mass is 10.0. The molecule has 17 heavy (non-hydrogen) atoms. The van der Waals surface area contributed by atoms with Crippen molar-refractivity contribution in [2.24, 2.45) is 11.7 Å². The Morgan fingerprint density at radius 3 is 2.59 bits per heavy atom. The summed E-state index contributed by atoms with van der Waals surface area (Å²) in [6.45, 7) is 5.61. The minimum atomic E-state index is -0.315. The van der Waals surface area contributed by atoms with Gasteiger partial charge in [0, 0.05) is 19.1 Å². The van der Waals surface area contributed by atoms with Crippen molar-refractivity contribution in [3.8, 4) is 0 Å². The first kappa shape index (κ1) is 13.9. The minimum Gasteiger partial charge on any atom is -0.379 e. The van der Waals surface area contributed by atoms with Gasteiger partial charge in [-0.3, -0.25) is 9.59 Å². The van der Waals surface area contributed by atoms with Crippen LogP contribution in [-0.4, -0.2) is 55.6 Å². The lowest BCUT2D eigenvalue weighted by Crippen LogP contribution is -2.47. The van der Waals surface area contributed by atoms with Gasteiger partial charge >= 0.3 is 0 Å². The van der Waals surface area contributed by atoms with E-state index in [1.54, 1.807) is 0 Å². The lowest BCUT2D eigenvalue weighted by molar-refractivity contribution is -0.139. The third-order valence-electron chi connectivity index (χ3n) is 2.84. The maximum Gasteiger partial charge on any atom is 0.239 e. The molecule has 1 rings (SSSR count). The van der Waals surface area contributed by atoms with Crippen LogP contribution in [0.5, 0.6) is 0 Å². The standard InChI is InChI=1S/C11H21N3O3/c1-3-13-10(15)5-14(4-2)11(16)8-6-17-7-9(8)12/h8-9H,3-7,12H2,1-2H3,(H,13,15). The molecule has 2 atom stereocenters. The summed E-state index contributed by atoms with van der Waals surface area (Å²) in [5.74, 6) is -0.552. The predicted octanol–water partition coefficient (Wildman–Crippen LogP) is -1.06. The van der Waals surface area contributed by atoms with Gasteiger partial charge < -0.3 is 20.7 Å². The number of rotatable bonds is 5. The molecule has 0 aromatic rings. The van der Waals surface area contributed by atoms with Gasteiger partial charge in [0.1, 0.15) is 0 Å². The van der Waals surface area contributed by atoms with Gasteiger partial charge in [0.25, 0.3) is 0 Å². The van der Waals surface area contributed by atoms with Gasteiger partial charge in [0.05, 0.1) is 25.7 Å². The SMILES string of the molecule is CCNC(=O)CN(CC)C(=O)C1COCC1N. The van der Waals surface area contributed by atoms with E-state index < -0.39 is 0 Å². The average molecular weight is 243 g/mol. The molecular formula is C11H21N3O3. The number of nitrogens with two attached hydrogens (primary N) is 1. The molecule has 1 saturated heterocycles. The fraction of sp³-hybridized carbons (Fsp3) is 0.818. The number of carbonyl (C=O) groups is 2. The Morgan fingerprint density at radius 2 is 2.12 bits per heavy atom. The summed E-state index contributed by atoms with van der Waals surface area (Å²) in [4.78, 5) is 25.1. The summed E-state index contributed by atoms with van der Waals surface area (Å²) in [7, 11) is 0. The van der Waals surface area contributed by atoms with E-state index in [9.17, 15) is 9.59 Å². The minimum absolute atomic E-state index is 0.0897. The third-order valence-corrected chi connectivity index (χ3v) is 2.84. The summed E-state index contributed by atoms with van der Waals surface area (Å²) in [5, 5.41) is 2.67. The van der Waals surface area contributed by atoms with E-state index in [4.69, 9.17) is 10.5 Å². The highest BCUT2D eigenvalue weighted by Gasteiger charge is 2.34. The van der Waals surface area contributed by atoms with Crippen molar-refractivity contribution in [2.45, 2.75) is 19.9 Å². The van der Waals surface area contributed by atoms with Crippen molar-refractivity contribution in [1.29, 1.82) is 0 Å². The highest BCUT2D eigenvalue weighted by Crippen LogP contribution is 2.14. The van der Waals surface area contributed by atoms with Gasteiger partial charge in [-0.05, 0) is 13.8 Å². The zero-order chi connectivity index (χ0) is 12.8. The molecule has 0 radical (unpaired) electrons. The summed E-state index contributed by atoms with van der Waals surface area (Å²) >= 11 is 0. The maximum atomic E-state index is 12.1. The van der Waals surface area contributed by atoms with E-state index in [0.29, 0.717) is 26.3 Å². The molecule has 1 aliphatic rings. The number of hydrogen-bond acceptors (Lipinski definition) is 4. The molecule has 6 nitrogen and oxygen atoms in total. The monoisotopic (exact) mass is 243 g/mol. The second-order valence-electron chi connectivity index (χ2n) is 4.11. The number of likely N-dealkylation sites (N-methyl/N-ethyl adjacent to an activating group) is 2. The largest absolute Gasteiger partial charge is 0.379 e. The van der Waals surface area contributed by atoms with Gasteiger partial charge in [-0.1, -0.05) is 0 Å². The molecule has 0 spiro atoms. The molecule has 1 heterocycles. The van der Waals surface area contributed by atoms with Crippen molar-refractivity contribution in [3.63, 3.8) is 0 Å². The van der Waals surface area contributed by atoms with Crippen molar-refractivity contribution in [3.05, 3.63) is 0 Å². The first-order chi connectivity index (χ1) is 8.10. The molecule has 98 valence electrons. The molecule has 1 fully saturated rings. The summed E-state index contributed by atoms with van der Waals surface area (Å²) < 4.78 is 5.16. The van der Waals surface area contributed by atoms with Gasteiger partial charge in [-0.15, -0.1) is 0 Å². The molecule has 0 aliphatic carbocycles. The predicted molar refractivity (Wildman–Crippen MR) is 63.2 cm³/mol. The number of nitrogens with zero attached hydrogens (tertiary/aromatic N) is 1. The molecule has 0 aromatic heterocycles. The molecule has 6 heteroatoms. The fourth-order valence-electron chi connectivity index (χ4n) is 1.83. The number of amides is 2. The maximum absolute atomic E-state index is 12.1. The Labute approximate surface area is 101 Å². The van der Waals surface area contributed by atoms with Crippen molar-refractivity contribution >= 4 is 11.8 Å². The van der Waals surface area contributed by atoms with Crippen LogP contribution in [-0.2, 0) is 14.3 Å². The summed E-state index contributed by atoms with van der Waals surface area (Å²) in [5.41, 5.74) is 5.79. The van der Waals surface area contributed by atoms with Crippen molar-refractivity contribution in [1.82, 2.24) is 10.2 Å². The second-order valence-corrected chi connectivity index (χ2v) is 4.11. The van der Waals surface area contributed by atoms with Crippen LogP contribution in [0, 0.1) is 5.92 Å². The fourth-order valence-corrected chi connectivity index (χ4v) is 1.83. The number of ether oxygens (including phenoxy) is 1. The normalized spacial score (nSPS) is 23.5. The van der Waals surface area contributed by atoms with E-state index >= 15 is 0 Å². The number of carbonyl (C=O) groups excluding carboxylic acids is 2. The molecule has 2 amide bonds. The third kappa shape index (κ3) is 3.67. The molecule has 0 bridgehead atoms. The van der Waals surface area contributed by atoms with E-state index in [2.05, 4.69) is 5.32 Å². The Morgan fingerprint density at radius 1 is 1.41 bits per heavy atom. The Kier molecular flexibility index (Phi) is 5.37. The Balaban J connectivity index is 2.54. The molecular weight excluding hydrogens is 222 g/mol. The van der Waals surface area contributed by atoms with Gasteiger partial charge in [-0.25, -0.2) is 0 Å². The Bertz CT molecular complexity index is 283. The van der Waals surface area contributed by atoms with Gasteiger partial charge in [-0.2, -0.15) is 0 Å². The zero-order valence-corrected chi connectivity index (χ0v) is 10.4. The molecule has 0 aromatic carbocycles. The number of hydrogen-bond donors (Lipinski definition) is 2.